The Bertz CT molecular complexity index is 606. The van der Waals surface area contributed by atoms with Crippen molar-refractivity contribution in [1.82, 2.24) is 4.31 Å². The monoisotopic (exact) mass is 332 g/mol. The number of hydrogen-bond acceptors (Lipinski definition) is 4. The summed E-state index contributed by atoms with van der Waals surface area (Å²) >= 11 is 0. The third-order valence-corrected chi connectivity index (χ3v) is 5.93. The molecule has 2 N–H and O–H groups in total. The minimum Gasteiger partial charge on any atom is -0.374 e. The smallest absolute Gasteiger partial charge is 0.243 e. The molecule has 1 atom stereocenters. The molecule has 5 nitrogen and oxygen atoms in total. The molecule has 0 amide bonds. The Balaban J connectivity index is 0.00000161. The largest absolute Gasteiger partial charge is 0.374 e. The summed E-state index contributed by atoms with van der Waals surface area (Å²) in [6, 6.07) is 5.52. The van der Waals surface area contributed by atoms with Gasteiger partial charge in [-0.2, -0.15) is 4.31 Å². The van der Waals surface area contributed by atoms with E-state index in [1.54, 1.807) is 6.07 Å². The van der Waals surface area contributed by atoms with Crippen LogP contribution in [0.3, 0.4) is 0 Å². The zero-order valence-electron chi connectivity index (χ0n) is 11.8. The molecule has 118 valence electrons. The highest BCUT2D eigenvalue weighted by molar-refractivity contribution is 7.89. The molecule has 1 heterocycles. The van der Waals surface area contributed by atoms with Gasteiger partial charge in [-0.25, -0.2) is 8.42 Å². The van der Waals surface area contributed by atoms with Gasteiger partial charge in [0.15, 0.2) is 0 Å². The van der Waals surface area contributed by atoms with Gasteiger partial charge >= 0.3 is 0 Å². The average molecular weight is 333 g/mol. The number of fused-ring (bicyclic) bond motifs is 1. The SMILES string of the molecule is Cl.NCC1CN(S(=O)(=O)c2ccc3c(c2)CCC3)CCO1. The molecule has 3 rings (SSSR count). The van der Waals surface area contributed by atoms with Gasteiger partial charge < -0.3 is 10.5 Å². The summed E-state index contributed by atoms with van der Waals surface area (Å²) in [5.41, 5.74) is 8.03. The molecule has 1 aromatic rings. The molecule has 1 aliphatic carbocycles. The Morgan fingerprint density at radius 2 is 2.05 bits per heavy atom. The number of nitrogens with zero attached hydrogens (tertiary/aromatic N) is 1. The molecule has 0 saturated carbocycles. The molecule has 0 radical (unpaired) electrons. The maximum atomic E-state index is 12.7. The van der Waals surface area contributed by atoms with Gasteiger partial charge in [0.1, 0.15) is 0 Å². The highest BCUT2D eigenvalue weighted by Crippen LogP contribution is 2.26. The van der Waals surface area contributed by atoms with Gasteiger partial charge in [0.05, 0.1) is 17.6 Å². The maximum Gasteiger partial charge on any atom is 0.243 e. The lowest BCUT2D eigenvalue weighted by Crippen LogP contribution is -2.48. The summed E-state index contributed by atoms with van der Waals surface area (Å²) in [6.07, 6.45) is 2.95. The Morgan fingerprint density at radius 3 is 2.81 bits per heavy atom. The van der Waals surface area contributed by atoms with Crippen LogP contribution in [0.25, 0.3) is 0 Å². The predicted octanol–water partition coefficient (Wildman–Crippen LogP) is 0.945. The minimum atomic E-state index is -3.43. The van der Waals surface area contributed by atoms with E-state index in [-0.39, 0.29) is 18.5 Å². The Labute approximate surface area is 131 Å². The van der Waals surface area contributed by atoms with Gasteiger partial charge in [0.2, 0.25) is 10.0 Å². The molecule has 1 unspecified atom stereocenters. The van der Waals surface area contributed by atoms with Crippen molar-refractivity contribution >= 4 is 22.4 Å². The van der Waals surface area contributed by atoms with E-state index in [4.69, 9.17) is 10.5 Å². The summed E-state index contributed by atoms with van der Waals surface area (Å²) in [4.78, 5) is 0.399. The van der Waals surface area contributed by atoms with E-state index in [0.29, 0.717) is 31.1 Å². The zero-order chi connectivity index (χ0) is 14.2. The molecule has 21 heavy (non-hydrogen) atoms. The molecule has 1 aromatic carbocycles. The van der Waals surface area contributed by atoms with Crippen LogP contribution in [0.2, 0.25) is 0 Å². The van der Waals surface area contributed by atoms with Gasteiger partial charge in [-0.3, -0.25) is 0 Å². The van der Waals surface area contributed by atoms with Crippen molar-refractivity contribution in [3.05, 3.63) is 29.3 Å². The topological polar surface area (TPSA) is 72.6 Å². The standard InChI is InChI=1S/C14H20N2O3S.ClH/c15-9-13-10-16(6-7-19-13)20(17,18)14-5-4-11-2-1-3-12(11)8-14;/h4-5,8,13H,1-3,6-7,9-10,15H2;1H. The van der Waals surface area contributed by atoms with Gasteiger partial charge in [-0.15, -0.1) is 12.4 Å². The number of nitrogens with two attached hydrogens (primary N) is 1. The van der Waals surface area contributed by atoms with Crippen LogP contribution in [0.15, 0.2) is 23.1 Å². The first kappa shape index (κ1) is 16.7. The van der Waals surface area contributed by atoms with E-state index in [9.17, 15) is 8.42 Å². The lowest BCUT2D eigenvalue weighted by atomic mass is 10.1. The first-order chi connectivity index (χ1) is 9.61. The fraction of sp³-hybridized carbons (Fsp3) is 0.571. The lowest BCUT2D eigenvalue weighted by molar-refractivity contribution is 0.00450. The summed E-state index contributed by atoms with van der Waals surface area (Å²) < 4.78 is 32.3. The lowest BCUT2D eigenvalue weighted by Gasteiger charge is -2.31. The quantitative estimate of drug-likeness (QED) is 0.894. The number of morpholine rings is 1. The van der Waals surface area contributed by atoms with Crippen LogP contribution in [0.5, 0.6) is 0 Å². The average Bonchev–Trinajstić information content (AvgIpc) is 2.94. The van der Waals surface area contributed by atoms with Crippen molar-refractivity contribution in [2.75, 3.05) is 26.2 Å². The van der Waals surface area contributed by atoms with Crippen LogP contribution in [-0.2, 0) is 27.6 Å². The molecule has 0 aromatic heterocycles. The first-order valence-corrected chi connectivity index (χ1v) is 8.49. The third-order valence-electron chi connectivity index (χ3n) is 4.07. The predicted molar refractivity (Wildman–Crippen MR) is 83.3 cm³/mol. The van der Waals surface area contributed by atoms with Crippen molar-refractivity contribution in [2.24, 2.45) is 5.73 Å². The third kappa shape index (κ3) is 3.24. The molecule has 0 spiro atoms. The number of halogens is 1. The highest BCUT2D eigenvalue weighted by atomic mass is 35.5. The number of ether oxygens (including phenoxy) is 1. The summed E-state index contributed by atoms with van der Waals surface area (Å²) in [6.45, 7) is 1.49. The van der Waals surface area contributed by atoms with Crippen LogP contribution < -0.4 is 5.73 Å². The normalized spacial score (nSPS) is 22.6. The number of aryl methyl sites for hydroxylation is 2. The number of sulfonamides is 1. The van der Waals surface area contributed by atoms with E-state index in [1.807, 2.05) is 12.1 Å². The summed E-state index contributed by atoms with van der Waals surface area (Å²) in [5, 5.41) is 0. The van der Waals surface area contributed by atoms with Crippen molar-refractivity contribution < 1.29 is 13.2 Å². The van der Waals surface area contributed by atoms with Gasteiger partial charge in [-0.1, -0.05) is 6.07 Å². The van der Waals surface area contributed by atoms with E-state index in [2.05, 4.69) is 0 Å². The number of hydrogen-bond donors (Lipinski definition) is 1. The van der Waals surface area contributed by atoms with Crippen LogP contribution in [-0.4, -0.2) is 45.1 Å². The fourth-order valence-electron chi connectivity index (χ4n) is 2.91. The maximum absolute atomic E-state index is 12.7. The zero-order valence-corrected chi connectivity index (χ0v) is 13.5. The highest BCUT2D eigenvalue weighted by Gasteiger charge is 2.30. The van der Waals surface area contributed by atoms with E-state index in [0.717, 1.165) is 19.3 Å². The molecule has 1 saturated heterocycles. The van der Waals surface area contributed by atoms with Gasteiger partial charge in [-0.05, 0) is 42.5 Å². The van der Waals surface area contributed by atoms with Crippen molar-refractivity contribution in [1.29, 1.82) is 0 Å². The molecule has 1 fully saturated rings. The van der Waals surface area contributed by atoms with Crippen molar-refractivity contribution in [2.45, 2.75) is 30.3 Å². The van der Waals surface area contributed by atoms with Crippen molar-refractivity contribution in [3.8, 4) is 0 Å². The Morgan fingerprint density at radius 1 is 1.29 bits per heavy atom. The van der Waals surface area contributed by atoms with Gasteiger partial charge in [0, 0.05) is 19.6 Å². The Kier molecular flexibility index (Phi) is 5.27. The summed E-state index contributed by atoms with van der Waals surface area (Å²) in [5.74, 6) is 0. The molecule has 1 aliphatic heterocycles. The fourth-order valence-corrected chi connectivity index (χ4v) is 4.42. The molecule has 7 heteroatoms. The second-order valence-corrected chi connectivity index (χ2v) is 7.31. The van der Waals surface area contributed by atoms with Crippen LogP contribution >= 0.6 is 12.4 Å². The summed E-state index contributed by atoms with van der Waals surface area (Å²) in [7, 11) is -3.43. The van der Waals surface area contributed by atoms with E-state index < -0.39 is 10.0 Å². The number of rotatable bonds is 3. The van der Waals surface area contributed by atoms with Gasteiger partial charge in [0.25, 0.3) is 0 Å². The number of benzene rings is 1. The Hall–Kier alpha value is -0.660. The van der Waals surface area contributed by atoms with Crippen LogP contribution in [0, 0.1) is 0 Å². The second-order valence-electron chi connectivity index (χ2n) is 5.38. The molecular formula is C14H21ClN2O3S. The molecular weight excluding hydrogens is 312 g/mol. The van der Waals surface area contributed by atoms with Crippen LogP contribution in [0.1, 0.15) is 17.5 Å². The van der Waals surface area contributed by atoms with Crippen molar-refractivity contribution in [3.63, 3.8) is 0 Å². The minimum absolute atomic E-state index is 0. The molecule has 2 aliphatic rings. The second kappa shape index (κ2) is 6.62. The first-order valence-electron chi connectivity index (χ1n) is 7.05. The van der Waals surface area contributed by atoms with E-state index >= 15 is 0 Å². The van der Waals surface area contributed by atoms with Crippen LogP contribution in [0.4, 0.5) is 0 Å². The molecule has 0 bridgehead atoms. The van der Waals surface area contributed by atoms with E-state index in [1.165, 1.54) is 15.4 Å².